The third kappa shape index (κ3) is 4.96. The summed E-state index contributed by atoms with van der Waals surface area (Å²) in [4.78, 5) is 20.6. The van der Waals surface area contributed by atoms with Gasteiger partial charge in [0.1, 0.15) is 11.2 Å². The summed E-state index contributed by atoms with van der Waals surface area (Å²) in [5.74, 6) is 0. The fourth-order valence-electron chi connectivity index (χ4n) is 8.56. The zero-order valence-corrected chi connectivity index (χ0v) is 30.5. The van der Waals surface area contributed by atoms with Crippen molar-refractivity contribution in [1.29, 1.82) is 0 Å². The van der Waals surface area contributed by atoms with Gasteiger partial charge in [0.2, 0.25) is 0 Å². The Morgan fingerprint density at radius 3 is 1.86 bits per heavy atom. The minimum Gasteiger partial charge on any atom is -0.455 e. The molecule has 12 rings (SSSR count). The highest BCUT2D eigenvalue weighted by Crippen LogP contribution is 2.42. The molecule has 12 aromatic rings. The van der Waals surface area contributed by atoms with Crippen molar-refractivity contribution in [2.75, 3.05) is 0 Å². The number of hydrogen-bond acceptors (Lipinski definition) is 5. The molecule has 0 atom stereocenters. The molecular formula is C52H30N4O. The van der Waals surface area contributed by atoms with Gasteiger partial charge in [-0.05, 0) is 42.0 Å². The summed E-state index contributed by atoms with van der Waals surface area (Å²) in [5.41, 5.74) is 13.4. The predicted octanol–water partition coefficient (Wildman–Crippen LogP) is 13.6. The molecule has 0 radical (unpaired) electrons. The maximum Gasteiger partial charge on any atom is 0.144 e. The lowest BCUT2D eigenvalue weighted by Crippen LogP contribution is -1.93. The van der Waals surface area contributed by atoms with E-state index in [-0.39, 0.29) is 0 Å². The Kier molecular flexibility index (Phi) is 6.86. The lowest BCUT2D eigenvalue weighted by atomic mass is 9.94. The number of hydrogen-bond donors (Lipinski definition) is 0. The summed E-state index contributed by atoms with van der Waals surface area (Å²) in [6.07, 6.45) is 1.87. The first-order valence-corrected chi connectivity index (χ1v) is 19.1. The van der Waals surface area contributed by atoms with E-state index in [4.69, 9.17) is 24.4 Å². The zero-order chi connectivity index (χ0) is 37.5. The fraction of sp³-hybridized carbons (Fsp3) is 0. The van der Waals surface area contributed by atoms with Crippen LogP contribution in [0.25, 0.3) is 121 Å². The third-order valence-corrected chi connectivity index (χ3v) is 11.3. The van der Waals surface area contributed by atoms with Gasteiger partial charge in [0.25, 0.3) is 0 Å². The summed E-state index contributed by atoms with van der Waals surface area (Å²) in [7, 11) is 0. The Balaban J connectivity index is 0.970. The van der Waals surface area contributed by atoms with Crippen LogP contribution >= 0.6 is 0 Å². The van der Waals surface area contributed by atoms with E-state index in [2.05, 4.69) is 133 Å². The number of aromatic nitrogens is 4. The number of nitrogens with zero attached hydrogens (tertiary/aromatic N) is 4. The van der Waals surface area contributed by atoms with Gasteiger partial charge in [-0.1, -0.05) is 140 Å². The molecule has 0 bridgehead atoms. The average Bonchev–Trinajstić information content (AvgIpc) is 3.67. The van der Waals surface area contributed by atoms with Gasteiger partial charge in [0.15, 0.2) is 0 Å². The van der Waals surface area contributed by atoms with E-state index in [0.717, 1.165) is 121 Å². The molecule has 0 spiro atoms. The van der Waals surface area contributed by atoms with Gasteiger partial charge in [0, 0.05) is 71.5 Å². The lowest BCUT2D eigenvalue weighted by Gasteiger charge is -2.13. The van der Waals surface area contributed by atoms with Crippen molar-refractivity contribution in [2.24, 2.45) is 0 Å². The summed E-state index contributed by atoms with van der Waals surface area (Å²) in [6, 6.07) is 61.1. The van der Waals surface area contributed by atoms with Crippen molar-refractivity contribution in [3.8, 4) is 44.9 Å². The molecule has 5 heteroatoms. The molecule has 5 nitrogen and oxygen atoms in total. The highest BCUT2D eigenvalue weighted by Gasteiger charge is 2.18. The molecule has 5 heterocycles. The summed E-state index contributed by atoms with van der Waals surface area (Å²) in [5, 5.41) is 8.62. The average molecular weight is 727 g/mol. The molecule has 264 valence electrons. The molecule has 0 aliphatic heterocycles. The highest BCUT2D eigenvalue weighted by molar-refractivity contribution is 6.24. The maximum absolute atomic E-state index is 6.54. The Morgan fingerprint density at radius 2 is 1.02 bits per heavy atom. The van der Waals surface area contributed by atoms with Crippen molar-refractivity contribution >= 4 is 76.3 Å². The Hall–Kier alpha value is -7.76. The smallest absolute Gasteiger partial charge is 0.144 e. The maximum atomic E-state index is 6.54. The largest absolute Gasteiger partial charge is 0.455 e. The van der Waals surface area contributed by atoms with Crippen LogP contribution in [-0.2, 0) is 0 Å². The van der Waals surface area contributed by atoms with Gasteiger partial charge < -0.3 is 4.42 Å². The summed E-state index contributed by atoms with van der Waals surface area (Å²) < 4.78 is 6.54. The number of furan rings is 1. The predicted molar refractivity (Wildman–Crippen MR) is 234 cm³/mol. The highest BCUT2D eigenvalue weighted by atomic mass is 16.3. The normalized spacial score (nSPS) is 11.9. The molecular weight excluding hydrogens is 697 g/mol. The van der Waals surface area contributed by atoms with E-state index >= 15 is 0 Å². The topological polar surface area (TPSA) is 64.7 Å². The van der Waals surface area contributed by atoms with Crippen LogP contribution in [0.5, 0.6) is 0 Å². The van der Waals surface area contributed by atoms with E-state index in [1.807, 2.05) is 48.7 Å². The van der Waals surface area contributed by atoms with Crippen molar-refractivity contribution in [3.05, 3.63) is 182 Å². The number of fused-ring (bicyclic) bond motifs is 11. The van der Waals surface area contributed by atoms with Crippen LogP contribution in [-0.4, -0.2) is 19.9 Å². The quantitative estimate of drug-likeness (QED) is 0.169. The van der Waals surface area contributed by atoms with Crippen molar-refractivity contribution in [1.82, 2.24) is 19.9 Å². The van der Waals surface area contributed by atoms with E-state index < -0.39 is 0 Å². The lowest BCUT2D eigenvalue weighted by molar-refractivity contribution is 0.673. The molecule has 0 saturated carbocycles. The zero-order valence-electron chi connectivity index (χ0n) is 30.5. The van der Waals surface area contributed by atoms with Crippen molar-refractivity contribution in [2.45, 2.75) is 0 Å². The van der Waals surface area contributed by atoms with Crippen molar-refractivity contribution < 1.29 is 4.42 Å². The van der Waals surface area contributed by atoms with Crippen LogP contribution in [0.15, 0.2) is 187 Å². The first-order chi connectivity index (χ1) is 28.2. The molecule has 0 N–H and O–H groups in total. The monoisotopic (exact) mass is 726 g/mol. The molecule has 0 aliphatic rings. The number of pyridine rings is 4. The second-order valence-electron chi connectivity index (χ2n) is 14.5. The molecule has 0 amide bonds. The Labute approximate surface area is 326 Å². The number of para-hydroxylation sites is 2. The Morgan fingerprint density at radius 1 is 0.368 bits per heavy atom. The van der Waals surface area contributed by atoms with Gasteiger partial charge in [0.05, 0.1) is 39.1 Å². The Bertz CT molecular complexity index is 3570. The van der Waals surface area contributed by atoms with Gasteiger partial charge in [-0.15, -0.1) is 0 Å². The molecule has 0 fully saturated rings. The molecule has 7 aromatic carbocycles. The SMILES string of the molecule is c1ccc(-c2ccc3ccc4ccc(-c5ccc(-c6ccc(-c7nc8ccccc8c8c7ccc7c9ccccc9oc78)cc6)c6ncccc56)nc4c3n2)cc1. The fourth-order valence-corrected chi connectivity index (χ4v) is 8.56. The van der Waals surface area contributed by atoms with Gasteiger partial charge in [-0.3, -0.25) is 4.98 Å². The molecule has 0 aliphatic carbocycles. The first-order valence-electron chi connectivity index (χ1n) is 19.1. The number of rotatable bonds is 4. The summed E-state index contributed by atoms with van der Waals surface area (Å²) in [6.45, 7) is 0. The first kappa shape index (κ1) is 31.6. The van der Waals surface area contributed by atoms with Gasteiger partial charge in [-0.25, -0.2) is 15.0 Å². The van der Waals surface area contributed by atoms with Crippen LogP contribution in [0.3, 0.4) is 0 Å². The standard InChI is InChI=1S/C52H30N4O/c1-2-9-32(10-3-1)43-28-22-34-20-21-35-23-29-45(56-50(35)49(34)54-43)37-25-24-36(51-39(37)13-8-30-53-51)31-16-18-33(19-17-31)48-42-27-26-40-38-11-5-7-15-46(38)57-52(40)47(42)41-12-4-6-14-44(41)55-48/h1-30H. The molecule has 5 aromatic heterocycles. The molecule has 0 unspecified atom stereocenters. The van der Waals surface area contributed by atoms with Crippen LogP contribution in [0, 0.1) is 0 Å². The third-order valence-electron chi connectivity index (χ3n) is 11.3. The van der Waals surface area contributed by atoms with Crippen LogP contribution in [0.2, 0.25) is 0 Å². The van der Waals surface area contributed by atoms with Crippen LogP contribution in [0.4, 0.5) is 0 Å². The van der Waals surface area contributed by atoms with Crippen LogP contribution in [0.1, 0.15) is 0 Å². The minimum atomic E-state index is 0.884. The van der Waals surface area contributed by atoms with Crippen LogP contribution < -0.4 is 0 Å². The second-order valence-corrected chi connectivity index (χ2v) is 14.5. The van der Waals surface area contributed by atoms with Crippen molar-refractivity contribution in [3.63, 3.8) is 0 Å². The van der Waals surface area contributed by atoms with E-state index in [9.17, 15) is 0 Å². The van der Waals surface area contributed by atoms with Gasteiger partial charge in [-0.2, -0.15) is 0 Å². The minimum absolute atomic E-state index is 0.884. The summed E-state index contributed by atoms with van der Waals surface area (Å²) >= 11 is 0. The molecule has 57 heavy (non-hydrogen) atoms. The van der Waals surface area contributed by atoms with E-state index in [1.165, 1.54) is 0 Å². The second kappa shape index (κ2) is 12.4. The number of benzene rings is 7. The van der Waals surface area contributed by atoms with E-state index in [0.29, 0.717) is 0 Å². The van der Waals surface area contributed by atoms with E-state index in [1.54, 1.807) is 0 Å². The molecule has 0 saturated heterocycles. The van der Waals surface area contributed by atoms with Gasteiger partial charge >= 0.3 is 0 Å².